The van der Waals surface area contributed by atoms with Gasteiger partial charge in [0.2, 0.25) is 17.7 Å². The molecular formula is C22H16F4N8O2. The van der Waals surface area contributed by atoms with E-state index in [0.717, 1.165) is 17.8 Å². The zero-order valence-electron chi connectivity index (χ0n) is 18.7. The van der Waals surface area contributed by atoms with E-state index in [4.69, 9.17) is 0 Å². The quantitative estimate of drug-likeness (QED) is 0.427. The first-order valence-corrected chi connectivity index (χ1v) is 10.5. The van der Waals surface area contributed by atoms with Crippen LogP contribution >= 0.6 is 0 Å². The summed E-state index contributed by atoms with van der Waals surface area (Å²) in [5, 5.41) is 20.0. The van der Waals surface area contributed by atoms with E-state index in [0.29, 0.717) is 11.3 Å². The van der Waals surface area contributed by atoms with Crippen molar-refractivity contribution in [3.8, 4) is 11.9 Å². The van der Waals surface area contributed by atoms with Gasteiger partial charge in [-0.05, 0) is 19.4 Å². The first-order chi connectivity index (χ1) is 17.0. The van der Waals surface area contributed by atoms with Crippen LogP contribution in [0.4, 0.5) is 23.2 Å². The molecule has 0 bridgehead atoms. The second-order valence-corrected chi connectivity index (χ2v) is 8.52. The third-order valence-electron chi connectivity index (χ3n) is 6.10. The summed E-state index contributed by atoms with van der Waals surface area (Å²) < 4.78 is 58.4. The van der Waals surface area contributed by atoms with Gasteiger partial charge < -0.3 is 10.1 Å². The fraction of sp³-hybridized carbons (Fsp3) is 0.273. The predicted molar refractivity (Wildman–Crippen MR) is 114 cm³/mol. The number of carbonyl (C=O) groups excluding carboxylic acids is 1. The molecule has 1 aliphatic carbocycles. The molecule has 1 N–H and O–H groups in total. The van der Waals surface area contributed by atoms with Gasteiger partial charge in [-0.3, -0.25) is 9.48 Å². The van der Waals surface area contributed by atoms with Crippen molar-refractivity contribution >= 4 is 17.2 Å². The highest BCUT2D eigenvalue weighted by Gasteiger charge is 2.47. The van der Waals surface area contributed by atoms with E-state index in [-0.39, 0.29) is 17.8 Å². The monoisotopic (exact) mass is 500 g/mol. The lowest BCUT2D eigenvalue weighted by Gasteiger charge is -2.24. The summed E-state index contributed by atoms with van der Waals surface area (Å²) in [4.78, 5) is 21.1. The average Bonchev–Trinajstić information content (AvgIpc) is 3.49. The molecule has 0 saturated heterocycles. The zero-order valence-corrected chi connectivity index (χ0v) is 18.7. The highest BCUT2D eigenvalue weighted by Crippen LogP contribution is 2.49. The summed E-state index contributed by atoms with van der Waals surface area (Å²) >= 11 is 0. The Morgan fingerprint density at radius 3 is 2.72 bits per heavy atom. The SMILES string of the molecule is Cn1cc([C@@]2(C)C[C@@H](C(=O)Nc3cnc(OC(F)(F)F)c(C#N)c3)c3cnc4cc(F)nn4c32)cn1. The summed E-state index contributed by atoms with van der Waals surface area (Å²) in [6, 6.07) is 3.78. The Balaban J connectivity index is 1.53. The molecule has 10 nitrogen and oxygen atoms in total. The van der Waals surface area contributed by atoms with Crippen LogP contribution in [0.2, 0.25) is 0 Å². The average molecular weight is 500 g/mol. The number of ether oxygens (including phenoxy) is 1. The number of aryl methyl sites for hydroxylation is 1. The van der Waals surface area contributed by atoms with Crippen molar-refractivity contribution < 1.29 is 27.1 Å². The van der Waals surface area contributed by atoms with Crippen molar-refractivity contribution in [2.24, 2.45) is 7.05 Å². The van der Waals surface area contributed by atoms with Crippen molar-refractivity contribution in [3.05, 3.63) is 65.3 Å². The number of nitrogens with zero attached hydrogens (tertiary/aromatic N) is 7. The molecule has 5 rings (SSSR count). The number of hydrogen-bond acceptors (Lipinski definition) is 7. The molecular weight excluding hydrogens is 484 g/mol. The molecule has 14 heteroatoms. The van der Waals surface area contributed by atoms with Crippen LogP contribution < -0.4 is 10.1 Å². The maximum absolute atomic E-state index is 14.0. The third kappa shape index (κ3) is 3.88. The van der Waals surface area contributed by atoms with Crippen LogP contribution in [0.5, 0.6) is 5.88 Å². The van der Waals surface area contributed by atoms with Crippen molar-refractivity contribution in [3.63, 3.8) is 0 Å². The predicted octanol–water partition coefficient (Wildman–Crippen LogP) is 3.20. The van der Waals surface area contributed by atoms with E-state index < -0.39 is 41.0 Å². The molecule has 4 aromatic heterocycles. The van der Waals surface area contributed by atoms with E-state index in [1.807, 2.05) is 6.92 Å². The molecule has 4 heterocycles. The minimum absolute atomic E-state index is 0.00164. The van der Waals surface area contributed by atoms with Crippen LogP contribution in [0.3, 0.4) is 0 Å². The molecule has 0 unspecified atom stereocenters. The van der Waals surface area contributed by atoms with Gasteiger partial charge in [0.25, 0.3) is 0 Å². The van der Waals surface area contributed by atoms with Gasteiger partial charge in [-0.25, -0.2) is 14.5 Å². The molecule has 1 aliphatic rings. The molecule has 184 valence electrons. The number of aromatic nitrogens is 6. The van der Waals surface area contributed by atoms with Gasteiger partial charge in [-0.2, -0.15) is 14.8 Å². The first-order valence-electron chi connectivity index (χ1n) is 10.5. The van der Waals surface area contributed by atoms with E-state index in [2.05, 4.69) is 30.2 Å². The third-order valence-corrected chi connectivity index (χ3v) is 6.10. The summed E-state index contributed by atoms with van der Waals surface area (Å²) in [5.41, 5.74) is 0.798. The van der Waals surface area contributed by atoms with E-state index >= 15 is 0 Å². The molecule has 36 heavy (non-hydrogen) atoms. The Hall–Kier alpha value is -4.54. The molecule has 1 amide bonds. The normalized spacial score (nSPS) is 19.2. The number of nitrogens with one attached hydrogen (secondary N) is 1. The molecule has 0 saturated carbocycles. The summed E-state index contributed by atoms with van der Waals surface area (Å²) in [5.74, 6) is -2.96. The van der Waals surface area contributed by atoms with Gasteiger partial charge in [0.15, 0.2) is 5.65 Å². The number of pyridine rings is 1. The number of anilines is 1. The van der Waals surface area contributed by atoms with Crippen molar-refractivity contribution in [2.45, 2.75) is 31.0 Å². The minimum Gasteiger partial charge on any atom is -0.386 e. The van der Waals surface area contributed by atoms with Gasteiger partial charge in [-0.1, -0.05) is 0 Å². The maximum atomic E-state index is 14.0. The minimum atomic E-state index is -5.03. The van der Waals surface area contributed by atoms with Crippen LogP contribution in [-0.2, 0) is 17.3 Å². The number of rotatable bonds is 4. The van der Waals surface area contributed by atoms with Crippen LogP contribution in [0.15, 0.2) is 36.9 Å². The van der Waals surface area contributed by atoms with Gasteiger partial charge in [0, 0.05) is 42.0 Å². The summed E-state index contributed by atoms with van der Waals surface area (Å²) in [6.07, 6.45) is 1.10. The Kier molecular flexibility index (Phi) is 5.16. The van der Waals surface area contributed by atoms with Crippen LogP contribution in [-0.4, -0.2) is 41.6 Å². The molecule has 0 spiro atoms. The lowest BCUT2D eigenvalue weighted by molar-refractivity contribution is -0.276. The number of alkyl halides is 3. The first kappa shape index (κ1) is 23.2. The lowest BCUT2D eigenvalue weighted by Crippen LogP contribution is -2.25. The fourth-order valence-corrected chi connectivity index (χ4v) is 4.56. The van der Waals surface area contributed by atoms with Crippen LogP contribution in [0.1, 0.15) is 41.6 Å². The Morgan fingerprint density at radius 1 is 1.28 bits per heavy atom. The van der Waals surface area contributed by atoms with Gasteiger partial charge >= 0.3 is 6.36 Å². The summed E-state index contributed by atoms with van der Waals surface area (Å²) in [6.45, 7) is 1.88. The number of nitriles is 1. The molecule has 0 fully saturated rings. The summed E-state index contributed by atoms with van der Waals surface area (Å²) in [7, 11) is 1.74. The van der Waals surface area contributed by atoms with Crippen LogP contribution in [0, 0.1) is 17.3 Å². The van der Waals surface area contributed by atoms with E-state index in [1.54, 1.807) is 30.2 Å². The molecule has 2 atom stereocenters. The lowest BCUT2D eigenvalue weighted by atomic mass is 9.80. The van der Waals surface area contributed by atoms with E-state index in [9.17, 15) is 27.6 Å². The topological polar surface area (TPSA) is 123 Å². The van der Waals surface area contributed by atoms with Crippen molar-refractivity contribution in [2.75, 3.05) is 5.32 Å². The number of hydrogen-bond donors (Lipinski definition) is 1. The molecule has 0 radical (unpaired) electrons. The number of fused-ring (bicyclic) bond motifs is 3. The molecule has 0 aromatic carbocycles. The Bertz CT molecular complexity index is 1550. The van der Waals surface area contributed by atoms with Crippen molar-refractivity contribution in [1.29, 1.82) is 5.26 Å². The second-order valence-electron chi connectivity index (χ2n) is 8.52. The van der Waals surface area contributed by atoms with E-state index in [1.165, 1.54) is 16.8 Å². The number of amides is 1. The van der Waals surface area contributed by atoms with Crippen molar-refractivity contribution in [1.82, 2.24) is 29.4 Å². The Labute approximate surface area is 200 Å². The largest absolute Gasteiger partial charge is 0.574 e. The van der Waals surface area contributed by atoms with Gasteiger partial charge in [-0.15, -0.1) is 18.3 Å². The fourth-order valence-electron chi connectivity index (χ4n) is 4.56. The highest BCUT2D eigenvalue weighted by molar-refractivity contribution is 5.97. The number of halogens is 4. The van der Waals surface area contributed by atoms with Gasteiger partial charge in [0.1, 0.15) is 11.6 Å². The number of carbonyl (C=O) groups is 1. The maximum Gasteiger partial charge on any atom is 0.574 e. The zero-order chi connectivity index (χ0) is 25.8. The molecule has 4 aromatic rings. The van der Waals surface area contributed by atoms with Crippen LogP contribution in [0.25, 0.3) is 5.65 Å². The highest BCUT2D eigenvalue weighted by atomic mass is 19.4. The van der Waals surface area contributed by atoms with Gasteiger partial charge in [0.05, 0.1) is 29.7 Å². The molecule has 0 aliphatic heterocycles. The second kappa shape index (κ2) is 8.01. The smallest absolute Gasteiger partial charge is 0.386 e. The Morgan fingerprint density at radius 2 is 2.06 bits per heavy atom. The standard InChI is InChI=1S/C22H16F4N8O2/c1-21(12-7-30-33(2)10-12)5-14(15-9-28-17-4-16(23)32-34(17)18(15)21)19(35)31-13-3-11(6-27)20(29-8-13)36-22(24,25)26/h3-4,7-10,14H,5H2,1-2H3,(H,31,35)/t14-,21-/m1/s1.